The van der Waals surface area contributed by atoms with Gasteiger partial charge >= 0.3 is 11.7 Å². The number of Topliss-reactive ketones (excluding diaryl/α,β-unsaturated/α-hetero) is 1. The molecule has 0 aliphatic rings. The van der Waals surface area contributed by atoms with E-state index in [0.717, 1.165) is 29.3 Å². The number of ketones is 1. The topological polar surface area (TPSA) is 139 Å². The van der Waals surface area contributed by atoms with Crippen LogP contribution in [0.3, 0.4) is 0 Å². The molecule has 33 heavy (non-hydrogen) atoms. The van der Waals surface area contributed by atoms with E-state index in [-0.39, 0.29) is 22.8 Å². The lowest BCUT2D eigenvalue weighted by Crippen LogP contribution is -2.16. The van der Waals surface area contributed by atoms with Gasteiger partial charge in [0.15, 0.2) is 6.61 Å². The molecule has 0 spiro atoms. The van der Waals surface area contributed by atoms with Crippen LogP contribution in [0.4, 0.5) is 11.4 Å². The lowest BCUT2D eigenvalue weighted by Gasteiger charge is -2.11. The first-order valence-corrected chi connectivity index (χ1v) is 9.64. The molecule has 3 rings (SSSR count). The Morgan fingerprint density at radius 1 is 0.848 bits per heavy atom. The minimum absolute atomic E-state index is 0.0704. The van der Waals surface area contributed by atoms with Crippen LogP contribution in [0.25, 0.3) is 0 Å². The van der Waals surface area contributed by atoms with Crippen molar-refractivity contribution in [1.82, 2.24) is 0 Å². The number of nitro benzene ring substituents is 2. The van der Waals surface area contributed by atoms with Gasteiger partial charge in [-0.15, -0.1) is 0 Å². The molecule has 0 fully saturated rings. The van der Waals surface area contributed by atoms with Crippen LogP contribution in [0.2, 0.25) is 0 Å². The average Bonchev–Trinajstić information content (AvgIpc) is 2.79. The van der Waals surface area contributed by atoms with Gasteiger partial charge in [-0.3, -0.25) is 25.0 Å². The number of hydrogen-bond donors (Lipinski definition) is 0. The molecule has 0 bridgehead atoms. The molecule has 0 amide bonds. The summed E-state index contributed by atoms with van der Waals surface area (Å²) in [5, 5.41) is 22.3. The second-order valence-corrected chi connectivity index (χ2v) is 7.08. The minimum atomic E-state index is -0.867. The average molecular weight is 450 g/mol. The molecule has 0 atom stereocenters. The molecule has 0 aliphatic carbocycles. The van der Waals surface area contributed by atoms with Crippen molar-refractivity contribution in [3.8, 4) is 11.5 Å². The van der Waals surface area contributed by atoms with Crippen molar-refractivity contribution in [2.45, 2.75) is 13.8 Å². The Balaban J connectivity index is 1.81. The Kier molecular flexibility index (Phi) is 6.77. The first-order chi connectivity index (χ1) is 15.7. The van der Waals surface area contributed by atoms with E-state index in [2.05, 4.69) is 0 Å². The Labute approximate surface area is 187 Å². The number of benzene rings is 3. The van der Waals surface area contributed by atoms with Gasteiger partial charge in [0.2, 0.25) is 11.5 Å². The van der Waals surface area contributed by atoms with Gasteiger partial charge in [0.25, 0.3) is 5.69 Å². The van der Waals surface area contributed by atoms with Gasteiger partial charge in [-0.25, -0.2) is 4.79 Å². The van der Waals surface area contributed by atoms with Crippen molar-refractivity contribution >= 4 is 23.1 Å². The molecule has 0 aliphatic heterocycles. The smallest absolute Gasteiger partial charge is 0.342 e. The van der Waals surface area contributed by atoms with Gasteiger partial charge in [0.05, 0.1) is 15.9 Å². The van der Waals surface area contributed by atoms with E-state index >= 15 is 0 Å². The SMILES string of the molecule is Cc1ccc(C)c(C(=O)COC(=O)c2ccccc2Oc2ccc([N+](=O)[O-])cc2[N+](=O)[O-])c1. The molecule has 3 aromatic carbocycles. The minimum Gasteiger partial charge on any atom is -0.454 e. The molecule has 168 valence electrons. The van der Waals surface area contributed by atoms with Crippen LogP contribution in [0.5, 0.6) is 11.5 Å². The Morgan fingerprint density at radius 2 is 1.58 bits per heavy atom. The highest BCUT2D eigenvalue weighted by Gasteiger charge is 2.23. The number of aryl methyl sites for hydroxylation is 2. The quantitative estimate of drug-likeness (QED) is 0.203. The Morgan fingerprint density at radius 3 is 2.27 bits per heavy atom. The second kappa shape index (κ2) is 9.69. The van der Waals surface area contributed by atoms with Gasteiger partial charge in [0, 0.05) is 11.6 Å². The summed E-state index contributed by atoms with van der Waals surface area (Å²) in [5.74, 6) is -1.61. The third kappa shape index (κ3) is 5.37. The van der Waals surface area contributed by atoms with Gasteiger partial charge in [-0.2, -0.15) is 0 Å². The van der Waals surface area contributed by atoms with E-state index < -0.39 is 33.8 Å². The van der Waals surface area contributed by atoms with Crippen LogP contribution in [0.15, 0.2) is 60.7 Å². The molecule has 0 unspecified atom stereocenters. The Bertz CT molecular complexity index is 1270. The monoisotopic (exact) mass is 450 g/mol. The van der Waals surface area contributed by atoms with Crippen LogP contribution < -0.4 is 4.74 Å². The largest absolute Gasteiger partial charge is 0.454 e. The summed E-state index contributed by atoms with van der Waals surface area (Å²) >= 11 is 0. The van der Waals surface area contributed by atoms with Crippen LogP contribution >= 0.6 is 0 Å². The molecular weight excluding hydrogens is 432 g/mol. The zero-order chi connectivity index (χ0) is 24.1. The third-order valence-corrected chi connectivity index (χ3v) is 4.70. The maximum absolute atomic E-state index is 12.6. The van der Waals surface area contributed by atoms with Gasteiger partial charge in [0.1, 0.15) is 11.3 Å². The summed E-state index contributed by atoms with van der Waals surface area (Å²) in [7, 11) is 0. The molecule has 0 radical (unpaired) electrons. The summed E-state index contributed by atoms with van der Waals surface area (Å²) < 4.78 is 10.7. The number of esters is 1. The maximum atomic E-state index is 12.6. The third-order valence-electron chi connectivity index (χ3n) is 4.70. The number of carbonyl (C=O) groups is 2. The summed E-state index contributed by atoms with van der Waals surface area (Å²) in [6, 6.07) is 14.1. The van der Waals surface area contributed by atoms with E-state index in [1.165, 1.54) is 24.3 Å². The molecular formula is C23H18N2O8. The van der Waals surface area contributed by atoms with E-state index in [9.17, 15) is 29.8 Å². The van der Waals surface area contributed by atoms with E-state index in [1.807, 2.05) is 13.0 Å². The highest BCUT2D eigenvalue weighted by Crippen LogP contribution is 2.35. The molecule has 0 N–H and O–H groups in total. The van der Waals surface area contributed by atoms with Crippen molar-refractivity contribution in [3.05, 3.63) is 103 Å². The van der Waals surface area contributed by atoms with E-state index in [1.54, 1.807) is 19.1 Å². The molecule has 10 heteroatoms. The van der Waals surface area contributed by atoms with Crippen LogP contribution in [-0.2, 0) is 4.74 Å². The van der Waals surface area contributed by atoms with Crippen molar-refractivity contribution < 1.29 is 28.9 Å². The fraction of sp³-hybridized carbons (Fsp3) is 0.130. The van der Waals surface area contributed by atoms with Gasteiger partial charge < -0.3 is 9.47 Å². The summed E-state index contributed by atoms with van der Waals surface area (Å²) in [5.41, 5.74) is 0.881. The number of rotatable bonds is 8. The van der Waals surface area contributed by atoms with Crippen LogP contribution in [0.1, 0.15) is 31.8 Å². The summed E-state index contributed by atoms with van der Waals surface area (Å²) in [4.78, 5) is 45.8. The predicted molar refractivity (Wildman–Crippen MR) is 117 cm³/mol. The zero-order valence-electron chi connectivity index (χ0n) is 17.6. The number of nitro groups is 2. The standard InChI is InChI=1S/C23H18N2O8/c1-14-7-8-15(2)18(11-14)20(26)13-32-23(27)17-5-3-4-6-21(17)33-22-10-9-16(24(28)29)12-19(22)25(30)31/h3-12H,13H2,1-2H3. The molecule has 0 heterocycles. The molecule has 3 aromatic rings. The fourth-order valence-corrected chi connectivity index (χ4v) is 3.01. The van der Waals surface area contributed by atoms with Gasteiger partial charge in [-0.05, 0) is 43.7 Å². The number of hydrogen-bond acceptors (Lipinski definition) is 8. The van der Waals surface area contributed by atoms with Crippen LogP contribution in [0, 0.1) is 34.1 Å². The normalized spacial score (nSPS) is 10.4. The van der Waals surface area contributed by atoms with Crippen molar-refractivity contribution in [2.75, 3.05) is 6.61 Å². The molecule has 10 nitrogen and oxygen atoms in total. The molecule has 0 saturated heterocycles. The highest BCUT2D eigenvalue weighted by atomic mass is 16.6. The lowest BCUT2D eigenvalue weighted by molar-refractivity contribution is -0.394. The van der Waals surface area contributed by atoms with Crippen molar-refractivity contribution in [1.29, 1.82) is 0 Å². The summed E-state index contributed by atoms with van der Waals surface area (Å²) in [6.07, 6.45) is 0. The number of nitrogens with zero attached hydrogens (tertiary/aromatic N) is 2. The van der Waals surface area contributed by atoms with Crippen LogP contribution in [-0.4, -0.2) is 28.2 Å². The first-order valence-electron chi connectivity index (χ1n) is 9.64. The summed E-state index contributed by atoms with van der Waals surface area (Å²) in [6.45, 7) is 3.11. The highest BCUT2D eigenvalue weighted by molar-refractivity contribution is 6.01. The molecule has 0 aromatic heterocycles. The second-order valence-electron chi connectivity index (χ2n) is 7.08. The van der Waals surface area contributed by atoms with E-state index in [0.29, 0.717) is 5.56 Å². The molecule has 0 saturated carbocycles. The van der Waals surface area contributed by atoms with Crippen molar-refractivity contribution in [3.63, 3.8) is 0 Å². The van der Waals surface area contributed by atoms with Gasteiger partial charge in [-0.1, -0.05) is 29.8 Å². The number of non-ortho nitro benzene ring substituents is 1. The zero-order valence-corrected chi connectivity index (χ0v) is 17.6. The number of carbonyl (C=O) groups excluding carboxylic acids is 2. The predicted octanol–water partition coefficient (Wildman–Crippen LogP) is 4.95. The Hall–Kier alpha value is -4.60. The maximum Gasteiger partial charge on any atom is 0.342 e. The first kappa shape index (κ1) is 23.1. The van der Waals surface area contributed by atoms with E-state index in [4.69, 9.17) is 9.47 Å². The lowest BCUT2D eigenvalue weighted by atomic mass is 10.0. The van der Waals surface area contributed by atoms with Crippen molar-refractivity contribution in [2.24, 2.45) is 0 Å². The number of para-hydroxylation sites is 1. The number of ether oxygens (including phenoxy) is 2. The fourth-order valence-electron chi connectivity index (χ4n) is 3.01.